The fourth-order valence-electron chi connectivity index (χ4n) is 2.57. The van der Waals surface area contributed by atoms with Gasteiger partial charge in [-0.25, -0.2) is 0 Å². The Labute approximate surface area is 172 Å². The average molecular weight is 406 g/mol. The standard InChI is InChI=1S/C20H18N6O4/c1-15(27)30-13-12-25(11-3-10-21)17-8-6-16(7-9-17)23-24-19-4-2-5-20(26(28)29)18(19)14-22/h2,4-9H,3,11-13H2,1H3. The van der Waals surface area contributed by atoms with Gasteiger partial charge in [-0.3, -0.25) is 14.9 Å². The number of nitriles is 2. The summed E-state index contributed by atoms with van der Waals surface area (Å²) in [6, 6.07) is 14.9. The van der Waals surface area contributed by atoms with Gasteiger partial charge in [-0.05, 0) is 30.3 Å². The van der Waals surface area contributed by atoms with E-state index in [0.29, 0.717) is 25.2 Å². The van der Waals surface area contributed by atoms with E-state index in [0.717, 1.165) is 5.69 Å². The zero-order valence-corrected chi connectivity index (χ0v) is 16.2. The molecule has 0 N–H and O–H groups in total. The first-order valence-electron chi connectivity index (χ1n) is 8.91. The summed E-state index contributed by atoms with van der Waals surface area (Å²) < 4.78 is 4.96. The fraction of sp³-hybridized carbons (Fsp3) is 0.250. The number of ether oxygens (including phenoxy) is 1. The molecule has 0 aliphatic heterocycles. The van der Waals surface area contributed by atoms with E-state index in [1.54, 1.807) is 30.3 Å². The van der Waals surface area contributed by atoms with Gasteiger partial charge in [-0.1, -0.05) is 6.07 Å². The van der Waals surface area contributed by atoms with E-state index in [4.69, 9.17) is 10.00 Å². The molecule has 0 atom stereocenters. The Balaban J connectivity index is 2.17. The lowest BCUT2D eigenvalue weighted by Gasteiger charge is -2.23. The third kappa shape index (κ3) is 6.11. The predicted molar refractivity (Wildman–Crippen MR) is 108 cm³/mol. The van der Waals surface area contributed by atoms with Gasteiger partial charge in [0.25, 0.3) is 5.69 Å². The van der Waals surface area contributed by atoms with Crippen LogP contribution in [0.5, 0.6) is 0 Å². The number of carbonyl (C=O) groups is 1. The molecule has 2 aromatic carbocycles. The largest absolute Gasteiger partial charge is 0.464 e. The zero-order valence-electron chi connectivity index (χ0n) is 16.2. The first kappa shape index (κ1) is 22.0. The van der Waals surface area contributed by atoms with Gasteiger partial charge < -0.3 is 9.64 Å². The van der Waals surface area contributed by atoms with Crippen molar-refractivity contribution in [2.45, 2.75) is 13.3 Å². The van der Waals surface area contributed by atoms with Crippen molar-refractivity contribution in [1.82, 2.24) is 0 Å². The molecule has 0 radical (unpaired) electrons. The van der Waals surface area contributed by atoms with E-state index >= 15 is 0 Å². The first-order chi connectivity index (χ1) is 14.5. The van der Waals surface area contributed by atoms with E-state index in [-0.39, 0.29) is 29.5 Å². The highest BCUT2D eigenvalue weighted by Gasteiger charge is 2.17. The van der Waals surface area contributed by atoms with Crippen molar-refractivity contribution in [3.63, 3.8) is 0 Å². The maximum absolute atomic E-state index is 11.0. The molecule has 0 aromatic heterocycles. The van der Waals surface area contributed by atoms with Gasteiger partial charge in [0.1, 0.15) is 18.4 Å². The molecule has 0 saturated heterocycles. The van der Waals surface area contributed by atoms with Crippen molar-refractivity contribution in [3.05, 3.63) is 58.1 Å². The Morgan fingerprint density at radius 3 is 2.50 bits per heavy atom. The van der Waals surface area contributed by atoms with Crippen LogP contribution in [0.25, 0.3) is 0 Å². The van der Waals surface area contributed by atoms with Gasteiger partial charge in [-0.2, -0.15) is 15.6 Å². The average Bonchev–Trinajstić information content (AvgIpc) is 2.74. The second-order valence-electron chi connectivity index (χ2n) is 5.99. The summed E-state index contributed by atoms with van der Waals surface area (Å²) >= 11 is 0. The molecule has 152 valence electrons. The second kappa shape index (κ2) is 10.9. The molecule has 0 aliphatic carbocycles. The van der Waals surface area contributed by atoms with Crippen molar-refractivity contribution in [3.8, 4) is 12.1 Å². The molecule has 2 aromatic rings. The lowest BCUT2D eigenvalue weighted by molar-refractivity contribution is -0.385. The van der Waals surface area contributed by atoms with Gasteiger partial charge >= 0.3 is 5.97 Å². The van der Waals surface area contributed by atoms with Crippen LogP contribution in [0, 0.1) is 32.8 Å². The number of nitrogens with zero attached hydrogens (tertiary/aromatic N) is 6. The molecule has 0 aliphatic rings. The van der Waals surface area contributed by atoms with E-state index in [1.165, 1.54) is 25.1 Å². The summed E-state index contributed by atoms with van der Waals surface area (Å²) in [4.78, 5) is 23.2. The second-order valence-corrected chi connectivity index (χ2v) is 5.99. The van der Waals surface area contributed by atoms with Crippen LogP contribution in [0.3, 0.4) is 0 Å². The molecular formula is C20H18N6O4. The van der Waals surface area contributed by atoms with Gasteiger partial charge in [0, 0.05) is 25.2 Å². The van der Waals surface area contributed by atoms with Crippen LogP contribution < -0.4 is 4.90 Å². The topological polar surface area (TPSA) is 145 Å². The van der Waals surface area contributed by atoms with Gasteiger partial charge in [-0.15, -0.1) is 5.11 Å². The SMILES string of the molecule is CC(=O)OCCN(CCC#N)c1ccc(N=Nc2cccc([N+](=O)[O-])c2C#N)cc1. The highest BCUT2D eigenvalue weighted by Crippen LogP contribution is 2.29. The number of hydrogen-bond acceptors (Lipinski definition) is 9. The predicted octanol–water partition coefficient (Wildman–Crippen LogP) is 4.17. The summed E-state index contributed by atoms with van der Waals surface area (Å²) in [6.45, 7) is 2.43. The number of hydrogen-bond donors (Lipinski definition) is 0. The molecule has 2 rings (SSSR count). The molecule has 0 unspecified atom stereocenters. The number of nitro groups is 1. The minimum absolute atomic E-state index is 0.104. The molecule has 10 heteroatoms. The van der Waals surface area contributed by atoms with Crippen LogP contribution in [0.15, 0.2) is 52.7 Å². The number of nitro benzene ring substituents is 1. The molecule has 0 fully saturated rings. The van der Waals surface area contributed by atoms with Gasteiger partial charge in [0.15, 0.2) is 5.56 Å². The van der Waals surface area contributed by atoms with Crippen LogP contribution in [-0.2, 0) is 9.53 Å². The third-order valence-electron chi connectivity index (χ3n) is 3.98. The molecule has 0 heterocycles. The smallest absolute Gasteiger partial charge is 0.302 e. The fourth-order valence-corrected chi connectivity index (χ4v) is 2.57. The monoisotopic (exact) mass is 406 g/mol. The molecular weight excluding hydrogens is 388 g/mol. The van der Waals surface area contributed by atoms with Crippen molar-refractivity contribution in [2.75, 3.05) is 24.6 Å². The first-order valence-corrected chi connectivity index (χ1v) is 8.91. The highest BCUT2D eigenvalue weighted by molar-refractivity contribution is 5.66. The van der Waals surface area contributed by atoms with E-state index in [2.05, 4.69) is 16.3 Å². The number of anilines is 1. The quantitative estimate of drug-likeness (QED) is 0.263. The molecule has 0 saturated carbocycles. The zero-order chi connectivity index (χ0) is 21.9. The summed E-state index contributed by atoms with van der Waals surface area (Å²) in [5.41, 5.74) is 0.910. The molecule has 0 spiro atoms. The van der Waals surface area contributed by atoms with Crippen molar-refractivity contribution >= 4 is 28.7 Å². The maximum Gasteiger partial charge on any atom is 0.302 e. The van der Waals surface area contributed by atoms with Gasteiger partial charge in [0.2, 0.25) is 0 Å². The normalized spacial score (nSPS) is 10.2. The Hall–Kier alpha value is -4.31. The summed E-state index contributed by atoms with van der Waals surface area (Å²) in [7, 11) is 0. The minimum atomic E-state index is -0.641. The lowest BCUT2D eigenvalue weighted by atomic mass is 10.1. The third-order valence-corrected chi connectivity index (χ3v) is 3.98. The van der Waals surface area contributed by atoms with Crippen molar-refractivity contribution in [2.24, 2.45) is 10.2 Å². The van der Waals surface area contributed by atoms with Crippen LogP contribution >= 0.6 is 0 Å². The highest BCUT2D eigenvalue weighted by atomic mass is 16.6. The molecule has 0 amide bonds. The van der Waals surface area contributed by atoms with Crippen LogP contribution in [0.1, 0.15) is 18.9 Å². The van der Waals surface area contributed by atoms with Crippen LogP contribution in [0.4, 0.5) is 22.7 Å². The van der Waals surface area contributed by atoms with Crippen molar-refractivity contribution < 1.29 is 14.5 Å². The van der Waals surface area contributed by atoms with Crippen molar-refractivity contribution in [1.29, 1.82) is 10.5 Å². The van der Waals surface area contributed by atoms with Gasteiger partial charge in [0.05, 0.1) is 29.6 Å². The van der Waals surface area contributed by atoms with Crippen LogP contribution in [0.2, 0.25) is 0 Å². The molecule has 30 heavy (non-hydrogen) atoms. The number of esters is 1. The van der Waals surface area contributed by atoms with E-state index in [9.17, 15) is 20.2 Å². The Bertz CT molecular complexity index is 1020. The number of azo groups is 1. The Kier molecular flexibility index (Phi) is 7.97. The summed E-state index contributed by atoms with van der Waals surface area (Å²) in [6.07, 6.45) is 0.311. The summed E-state index contributed by atoms with van der Waals surface area (Å²) in [5, 5.41) is 37.1. The number of rotatable bonds is 9. The molecule has 0 bridgehead atoms. The maximum atomic E-state index is 11.0. The minimum Gasteiger partial charge on any atom is -0.464 e. The molecule has 10 nitrogen and oxygen atoms in total. The summed E-state index contributed by atoms with van der Waals surface area (Å²) in [5.74, 6) is -0.371. The number of carbonyl (C=O) groups excluding carboxylic acids is 1. The van der Waals surface area contributed by atoms with E-state index in [1.807, 2.05) is 4.90 Å². The lowest BCUT2D eigenvalue weighted by Crippen LogP contribution is -2.28. The Morgan fingerprint density at radius 2 is 1.90 bits per heavy atom. The van der Waals surface area contributed by atoms with E-state index < -0.39 is 4.92 Å². The Morgan fingerprint density at radius 1 is 1.17 bits per heavy atom. The number of benzene rings is 2. The van der Waals surface area contributed by atoms with Crippen LogP contribution in [-0.4, -0.2) is 30.6 Å².